The van der Waals surface area contributed by atoms with Crippen LogP contribution in [0, 0.1) is 0 Å². The van der Waals surface area contributed by atoms with Crippen LogP contribution >= 0.6 is 11.6 Å². The molecule has 0 aliphatic carbocycles. The fourth-order valence-corrected chi connectivity index (χ4v) is 1.84. The van der Waals surface area contributed by atoms with Crippen LogP contribution < -0.4 is 5.32 Å². The van der Waals surface area contributed by atoms with Crippen molar-refractivity contribution in [2.45, 2.75) is 32.9 Å². The number of hydrogen-bond donors (Lipinski definition) is 1. The maximum absolute atomic E-state index is 11.6. The number of ether oxygens (including phenoxy) is 1. The number of carbonyl (C=O) groups is 1. The van der Waals surface area contributed by atoms with Crippen LogP contribution in [0.25, 0.3) is 11.3 Å². The number of halogens is 1. The summed E-state index contributed by atoms with van der Waals surface area (Å²) in [6.07, 6.45) is -0.466. The topological polar surface area (TPSA) is 51.5 Å². The highest BCUT2D eigenvalue weighted by atomic mass is 35.5. The molecule has 0 spiro atoms. The van der Waals surface area contributed by atoms with Crippen molar-refractivity contribution in [1.29, 1.82) is 0 Å². The lowest BCUT2D eigenvalue weighted by atomic mass is 10.2. The van der Waals surface area contributed by atoms with E-state index in [1.165, 1.54) is 0 Å². The zero-order valence-electron chi connectivity index (χ0n) is 12.3. The minimum atomic E-state index is -0.512. The number of benzene rings is 1. The van der Waals surface area contributed by atoms with Gasteiger partial charge in [-0.3, -0.25) is 0 Å². The number of amides is 1. The fourth-order valence-electron chi connectivity index (χ4n) is 1.72. The summed E-state index contributed by atoms with van der Waals surface area (Å²) < 4.78 is 10.8. The quantitative estimate of drug-likeness (QED) is 0.899. The van der Waals surface area contributed by atoms with Crippen LogP contribution in [-0.2, 0) is 11.3 Å². The van der Waals surface area contributed by atoms with Gasteiger partial charge in [0.1, 0.15) is 17.1 Å². The van der Waals surface area contributed by atoms with Crippen molar-refractivity contribution in [3.8, 4) is 11.3 Å². The van der Waals surface area contributed by atoms with E-state index in [-0.39, 0.29) is 6.54 Å². The standard InChI is InChI=1S/C16H18ClNO3/c1-16(2,3)21-15(19)18-10-13-8-9-14(20-13)11-4-6-12(17)7-5-11/h4-9H,10H2,1-3H3,(H,18,19). The summed E-state index contributed by atoms with van der Waals surface area (Å²) in [7, 11) is 0. The van der Waals surface area contributed by atoms with E-state index in [2.05, 4.69) is 5.32 Å². The average molecular weight is 308 g/mol. The number of nitrogens with one attached hydrogen (secondary N) is 1. The van der Waals surface area contributed by atoms with Crippen LogP contribution in [0.1, 0.15) is 26.5 Å². The molecule has 0 bridgehead atoms. The molecule has 112 valence electrons. The van der Waals surface area contributed by atoms with Crippen LogP contribution in [0.3, 0.4) is 0 Å². The van der Waals surface area contributed by atoms with Crippen molar-refractivity contribution in [2.24, 2.45) is 0 Å². The van der Waals surface area contributed by atoms with E-state index in [4.69, 9.17) is 20.8 Å². The second-order valence-electron chi connectivity index (χ2n) is 5.63. The van der Waals surface area contributed by atoms with Gasteiger partial charge in [0, 0.05) is 10.6 Å². The molecule has 5 heteroatoms. The second kappa shape index (κ2) is 6.22. The molecule has 1 aromatic carbocycles. The highest BCUT2D eigenvalue weighted by molar-refractivity contribution is 6.30. The third-order valence-electron chi connectivity index (χ3n) is 2.60. The maximum atomic E-state index is 11.6. The molecule has 0 radical (unpaired) electrons. The molecule has 0 aliphatic heterocycles. The summed E-state index contributed by atoms with van der Waals surface area (Å²) >= 11 is 5.85. The van der Waals surface area contributed by atoms with Gasteiger partial charge in [-0.2, -0.15) is 0 Å². The van der Waals surface area contributed by atoms with E-state index >= 15 is 0 Å². The molecule has 0 unspecified atom stereocenters. The average Bonchev–Trinajstić information content (AvgIpc) is 2.84. The van der Waals surface area contributed by atoms with Crippen molar-refractivity contribution in [3.05, 3.63) is 47.2 Å². The smallest absolute Gasteiger partial charge is 0.408 e. The normalized spacial score (nSPS) is 11.2. The van der Waals surface area contributed by atoms with Gasteiger partial charge in [-0.05, 0) is 57.2 Å². The molecule has 2 aromatic rings. The summed E-state index contributed by atoms with van der Waals surface area (Å²) in [5.74, 6) is 1.39. The fraction of sp³-hybridized carbons (Fsp3) is 0.312. The molecule has 0 atom stereocenters. The van der Waals surface area contributed by atoms with Gasteiger partial charge >= 0.3 is 6.09 Å². The van der Waals surface area contributed by atoms with Gasteiger partial charge in [0.05, 0.1) is 6.54 Å². The first kappa shape index (κ1) is 15.4. The number of furan rings is 1. The Balaban J connectivity index is 1.94. The largest absolute Gasteiger partial charge is 0.459 e. The van der Waals surface area contributed by atoms with Crippen molar-refractivity contribution in [3.63, 3.8) is 0 Å². The van der Waals surface area contributed by atoms with E-state index in [1.54, 1.807) is 12.1 Å². The first-order valence-electron chi connectivity index (χ1n) is 6.65. The highest BCUT2D eigenvalue weighted by Gasteiger charge is 2.16. The molecular weight excluding hydrogens is 290 g/mol. The zero-order valence-corrected chi connectivity index (χ0v) is 13.0. The molecule has 1 N–H and O–H groups in total. The predicted molar refractivity (Wildman–Crippen MR) is 82.2 cm³/mol. The molecule has 0 saturated carbocycles. The van der Waals surface area contributed by atoms with Gasteiger partial charge in [0.2, 0.25) is 0 Å². The SMILES string of the molecule is CC(C)(C)OC(=O)NCc1ccc(-c2ccc(Cl)cc2)o1. The number of carbonyl (C=O) groups excluding carboxylic acids is 1. The molecule has 1 heterocycles. The van der Waals surface area contributed by atoms with Crippen LogP contribution in [0.5, 0.6) is 0 Å². The van der Waals surface area contributed by atoms with Crippen molar-refractivity contribution in [1.82, 2.24) is 5.32 Å². The third kappa shape index (κ3) is 4.83. The van der Waals surface area contributed by atoms with Gasteiger partial charge < -0.3 is 14.5 Å². The lowest BCUT2D eigenvalue weighted by Crippen LogP contribution is -2.32. The number of alkyl carbamates (subject to hydrolysis) is 1. The van der Waals surface area contributed by atoms with Crippen LogP contribution in [0.4, 0.5) is 4.79 Å². The minimum Gasteiger partial charge on any atom is -0.459 e. The van der Waals surface area contributed by atoms with Gasteiger partial charge in [-0.1, -0.05) is 11.6 Å². The van der Waals surface area contributed by atoms with Crippen LogP contribution in [0.15, 0.2) is 40.8 Å². The van der Waals surface area contributed by atoms with Crippen molar-refractivity contribution in [2.75, 3.05) is 0 Å². The number of hydrogen-bond acceptors (Lipinski definition) is 3. The van der Waals surface area contributed by atoms with Crippen molar-refractivity contribution < 1.29 is 13.9 Å². The Labute approximate surface area is 129 Å². The van der Waals surface area contributed by atoms with Gasteiger partial charge in [-0.15, -0.1) is 0 Å². The second-order valence-corrected chi connectivity index (χ2v) is 6.06. The summed E-state index contributed by atoms with van der Waals surface area (Å²) in [5, 5.41) is 3.33. The monoisotopic (exact) mass is 307 g/mol. The Morgan fingerprint density at radius 1 is 1.19 bits per heavy atom. The lowest BCUT2D eigenvalue weighted by Gasteiger charge is -2.19. The minimum absolute atomic E-state index is 0.280. The van der Waals surface area contributed by atoms with Crippen LogP contribution in [-0.4, -0.2) is 11.7 Å². The summed E-state index contributed by atoms with van der Waals surface area (Å²) in [6, 6.07) is 11.0. The highest BCUT2D eigenvalue weighted by Crippen LogP contribution is 2.23. The summed E-state index contributed by atoms with van der Waals surface area (Å²) in [5.41, 5.74) is 0.421. The van der Waals surface area contributed by atoms with Crippen LogP contribution in [0.2, 0.25) is 5.02 Å². The summed E-state index contributed by atoms with van der Waals surface area (Å²) in [4.78, 5) is 11.6. The Morgan fingerprint density at radius 3 is 2.48 bits per heavy atom. The van der Waals surface area contributed by atoms with E-state index in [1.807, 2.05) is 45.0 Å². The zero-order chi connectivity index (χ0) is 15.5. The Hall–Kier alpha value is -1.94. The van der Waals surface area contributed by atoms with Gasteiger partial charge in [0.15, 0.2) is 0 Å². The van der Waals surface area contributed by atoms with E-state index < -0.39 is 11.7 Å². The Bertz CT molecular complexity index is 611. The predicted octanol–water partition coefficient (Wildman–Crippen LogP) is 4.62. The third-order valence-corrected chi connectivity index (χ3v) is 2.85. The van der Waals surface area contributed by atoms with Crippen molar-refractivity contribution >= 4 is 17.7 Å². The molecule has 0 fully saturated rings. The molecule has 0 aliphatic rings. The van der Waals surface area contributed by atoms with E-state index in [0.29, 0.717) is 10.8 Å². The molecule has 21 heavy (non-hydrogen) atoms. The molecular formula is C16H18ClNO3. The lowest BCUT2D eigenvalue weighted by molar-refractivity contribution is 0.0520. The van der Waals surface area contributed by atoms with E-state index in [0.717, 1.165) is 11.3 Å². The van der Waals surface area contributed by atoms with E-state index in [9.17, 15) is 4.79 Å². The first-order valence-corrected chi connectivity index (χ1v) is 7.03. The number of rotatable bonds is 3. The van der Waals surface area contributed by atoms with Gasteiger partial charge in [-0.25, -0.2) is 4.79 Å². The first-order chi connectivity index (χ1) is 9.83. The Kier molecular flexibility index (Phi) is 4.58. The molecule has 4 nitrogen and oxygen atoms in total. The molecule has 1 aromatic heterocycles. The molecule has 1 amide bonds. The summed E-state index contributed by atoms with van der Waals surface area (Å²) in [6.45, 7) is 5.73. The Morgan fingerprint density at radius 2 is 1.86 bits per heavy atom. The molecule has 0 saturated heterocycles. The molecule has 2 rings (SSSR count). The van der Waals surface area contributed by atoms with Gasteiger partial charge in [0.25, 0.3) is 0 Å². The maximum Gasteiger partial charge on any atom is 0.408 e.